The zero-order valence-corrected chi connectivity index (χ0v) is 16.2. The van der Waals surface area contributed by atoms with Crippen LogP contribution in [0.4, 0.5) is 0 Å². The van der Waals surface area contributed by atoms with Gasteiger partial charge in [-0.3, -0.25) is 9.69 Å². The standard InChI is InChI=1S/C18H11Cl2NO3S2/c19-12-7-6-11(13(20)9-12)8-14-16(22)21(18(25)26-14)15(17(23)24)10-4-2-1-3-5-10/h1-9,15H,(H,23,24)/b14-8-. The van der Waals surface area contributed by atoms with Gasteiger partial charge in [0.15, 0.2) is 6.04 Å². The lowest BCUT2D eigenvalue weighted by molar-refractivity contribution is -0.145. The number of carboxylic acids is 1. The molecule has 1 atom stereocenters. The Balaban J connectivity index is 1.98. The first-order valence-corrected chi connectivity index (χ1v) is 9.36. The first kappa shape index (κ1) is 18.9. The molecule has 1 aliphatic heterocycles. The molecule has 1 heterocycles. The van der Waals surface area contributed by atoms with Gasteiger partial charge in [0.25, 0.3) is 5.91 Å². The molecule has 132 valence electrons. The van der Waals surface area contributed by atoms with Gasteiger partial charge in [-0.15, -0.1) is 0 Å². The van der Waals surface area contributed by atoms with E-state index < -0.39 is 17.9 Å². The molecule has 0 aromatic heterocycles. The van der Waals surface area contributed by atoms with Crippen molar-refractivity contribution in [2.45, 2.75) is 6.04 Å². The minimum absolute atomic E-state index is 0.183. The Morgan fingerprint density at radius 2 is 1.88 bits per heavy atom. The number of carboxylic acid groups (broad SMARTS) is 1. The molecule has 0 bridgehead atoms. The van der Waals surface area contributed by atoms with Gasteiger partial charge < -0.3 is 5.11 Å². The molecule has 2 aromatic rings. The lowest BCUT2D eigenvalue weighted by Crippen LogP contribution is -2.37. The molecule has 0 aliphatic carbocycles. The van der Waals surface area contributed by atoms with Gasteiger partial charge in [0.05, 0.1) is 4.91 Å². The van der Waals surface area contributed by atoms with Gasteiger partial charge in [-0.25, -0.2) is 4.79 Å². The first-order valence-electron chi connectivity index (χ1n) is 7.38. The molecule has 2 aromatic carbocycles. The molecule has 1 saturated heterocycles. The van der Waals surface area contributed by atoms with Crippen molar-refractivity contribution in [1.82, 2.24) is 4.90 Å². The molecule has 26 heavy (non-hydrogen) atoms. The number of rotatable bonds is 4. The second-order valence-corrected chi connectivity index (χ2v) is 7.89. The number of hydrogen-bond acceptors (Lipinski definition) is 4. The van der Waals surface area contributed by atoms with E-state index in [1.54, 1.807) is 54.6 Å². The molecule has 1 aliphatic rings. The monoisotopic (exact) mass is 423 g/mol. The summed E-state index contributed by atoms with van der Waals surface area (Å²) in [7, 11) is 0. The number of aliphatic carboxylic acids is 1. The fourth-order valence-electron chi connectivity index (χ4n) is 2.50. The number of hydrogen-bond donors (Lipinski definition) is 1. The highest BCUT2D eigenvalue weighted by Crippen LogP contribution is 2.39. The largest absolute Gasteiger partial charge is 0.479 e. The molecule has 1 fully saturated rings. The van der Waals surface area contributed by atoms with E-state index in [-0.39, 0.29) is 4.32 Å². The van der Waals surface area contributed by atoms with Crippen LogP contribution in [0.1, 0.15) is 17.2 Å². The molecule has 3 rings (SSSR count). The Morgan fingerprint density at radius 3 is 2.50 bits per heavy atom. The molecule has 0 spiro atoms. The maximum Gasteiger partial charge on any atom is 0.331 e. The number of carbonyl (C=O) groups excluding carboxylic acids is 1. The predicted octanol–water partition coefficient (Wildman–Crippen LogP) is 5.02. The molecule has 0 saturated carbocycles. The van der Waals surface area contributed by atoms with Crippen LogP contribution in [0.5, 0.6) is 0 Å². The zero-order chi connectivity index (χ0) is 18.8. The smallest absolute Gasteiger partial charge is 0.331 e. The third kappa shape index (κ3) is 3.78. The number of nitrogens with zero attached hydrogens (tertiary/aromatic N) is 1. The van der Waals surface area contributed by atoms with E-state index in [2.05, 4.69) is 0 Å². The second kappa shape index (κ2) is 7.80. The highest BCUT2D eigenvalue weighted by Gasteiger charge is 2.41. The van der Waals surface area contributed by atoms with E-state index in [9.17, 15) is 14.7 Å². The number of benzene rings is 2. The van der Waals surface area contributed by atoms with Crippen molar-refractivity contribution < 1.29 is 14.7 Å². The number of thioether (sulfide) groups is 1. The van der Waals surface area contributed by atoms with Crippen LogP contribution in [-0.4, -0.2) is 26.2 Å². The molecule has 1 N–H and O–H groups in total. The molecular weight excluding hydrogens is 413 g/mol. The van der Waals surface area contributed by atoms with Crippen LogP contribution >= 0.6 is 47.2 Å². The summed E-state index contributed by atoms with van der Waals surface area (Å²) in [4.78, 5) is 26.1. The third-order valence-corrected chi connectivity index (χ3v) is 5.57. The van der Waals surface area contributed by atoms with Gasteiger partial charge in [-0.1, -0.05) is 83.6 Å². The average Bonchev–Trinajstić information content (AvgIpc) is 2.86. The minimum Gasteiger partial charge on any atom is -0.479 e. The fraction of sp³-hybridized carbons (Fsp3) is 0.0556. The number of amides is 1. The van der Waals surface area contributed by atoms with Gasteiger partial charge in [-0.05, 0) is 29.3 Å². The van der Waals surface area contributed by atoms with E-state index in [0.717, 1.165) is 16.7 Å². The second-order valence-electron chi connectivity index (χ2n) is 5.37. The topological polar surface area (TPSA) is 57.6 Å². The van der Waals surface area contributed by atoms with Crippen LogP contribution in [0, 0.1) is 0 Å². The molecule has 8 heteroatoms. The molecule has 0 radical (unpaired) electrons. The highest BCUT2D eigenvalue weighted by atomic mass is 35.5. The number of carbonyl (C=O) groups is 2. The summed E-state index contributed by atoms with van der Waals surface area (Å²) in [5, 5.41) is 10.5. The maximum absolute atomic E-state index is 12.8. The van der Waals surface area contributed by atoms with E-state index in [1.807, 2.05) is 0 Å². The van der Waals surface area contributed by atoms with E-state index >= 15 is 0 Å². The lowest BCUT2D eigenvalue weighted by Gasteiger charge is -2.23. The Morgan fingerprint density at radius 1 is 1.19 bits per heavy atom. The predicted molar refractivity (Wildman–Crippen MR) is 108 cm³/mol. The number of thiocarbonyl (C=S) groups is 1. The van der Waals surface area contributed by atoms with Crippen molar-refractivity contribution in [3.8, 4) is 0 Å². The van der Waals surface area contributed by atoms with Crippen molar-refractivity contribution in [1.29, 1.82) is 0 Å². The minimum atomic E-state index is -1.18. The zero-order valence-electron chi connectivity index (χ0n) is 13.1. The van der Waals surface area contributed by atoms with Gasteiger partial charge >= 0.3 is 5.97 Å². The third-order valence-electron chi connectivity index (χ3n) is 3.68. The summed E-state index contributed by atoms with van der Waals surface area (Å²) in [6, 6.07) is 12.2. The van der Waals surface area contributed by atoms with Crippen LogP contribution in [0.25, 0.3) is 6.08 Å². The van der Waals surface area contributed by atoms with Gasteiger partial charge in [0.2, 0.25) is 0 Å². The lowest BCUT2D eigenvalue weighted by atomic mass is 10.1. The van der Waals surface area contributed by atoms with Crippen molar-refractivity contribution in [2.75, 3.05) is 0 Å². The Bertz CT molecular complexity index is 931. The quantitative estimate of drug-likeness (QED) is 0.552. The fourth-order valence-corrected chi connectivity index (χ4v) is 4.27. The summed E-state index contributed by atoms with van der Waals surface area (Å²) < 4.78 is 0.183. The van der Waals surface area contributed by atoms with Crippen molar-refractivity contribution >= 4 is 69.5 Å². The van der Waals surface area contributed by atoms with Gasteiger partial charge in [0.1, 0.15) is 4.32 Å². The Kier molecular flexibility index (Phi) is 5.67. The van der Waals surface area contributed by atoms with Crippen LogP contribution in [0.3, 0.4) is 0 Å². The van der Waals surface area contributed by atoms with Crippen LogP contribution in [-0.2, 0) is 9.59 Å². The number of halogens is 2. The Hall–Kier alpha value is -1.86. The van der Waals surface area contributed by atoms with E-state index in [4.69, 9.17) is 35.4 Å². The van der Waals surface area contributed by atoms with Crippen LogP contribution < -0.4 is 0 Å². The average molecular weight is 424 g/mol. The Labute approximate surface area is 169 Å². The van der Waals surface area contributed by atoms with Crippen LogP contribution in [0.2, 0.25) is 10.0 Å². The van der Waals surface area contributed by atoms with Gasteiger partial charge in [-0.2, -0.15) is 0 Å². The molecule has 4 nitrogen and oxygen atoms in total. The SMILES string of the molecule is O=C(O)C(c1ccccc1)N1C(=O)/C(=C/c2ccc(Cl)cc2Cl)SC1=S. The first-order chi connectivity index (χ1) is 12.4. The maximum atomic E-state index is 12.8. The van der Waals surface area contributed by atoms with Crippen molar-refractivity contribution in [2.24, 2.45) is 0 Å². The van der Waals surface area contributed by atoms with Crippen molar-refractivity contribution in [3.05, 3.63) is 74.6 Å². The van der Waals surface area contributed by atoms with Crippen molar-refractivity contribution in [3.63, 3.8) is 0 Å². The summed E-state index contributed by atoms with van der Waals surface area (Å²) >= 11 is 18.3. The highest BCUT2D eigenvalue weighted by molar-refractivity contribution is 8.26. The normalized spacial score (nSPS) is 17.0. The summed E-state index contributed by atoms with van der Waals surface area (Å²) in [6.07, 6.45) is 1.59. The van der Waals surface area contributed by atoms with Crippen LogP contribution in [0.15, 0.2) is 53.4 Å². The van der Waals surface area contributed by atoms with Gasteiger partial charge in [0, 0.05) is 10.0 Å². The molecule has 1 amide bonds. The summed E-state index contributed by atoms with van der Waals surface area (Å²) in [5.74, 6) is -1.62. The molecule has 1 unspecified atom stereocenters. The summed E-state index contributed by atoms with van der Waals surface area (Å²) in [6.45, 7) is 0. The molecular formula is C18H11Cl2NO3S2. The van der Waals surface area contributed by atoms with E-state index in [1.165, 1.54) is 0 Å². The summed E-state index contributed by atoms with van der Waals surface area (Å²) in [5.41, 5.74) is 1.07. The van der Waals surface area contributed by atoms with E-state index in [0.29, 0.717) is 26.1 Å².